The Morgan fingerprint density at radius 3 is 1.88 bits per heavy atom. The summed E-state index contributed by atoms with van der Waals surface area (Å²) in [5.74, 6) is -2.44. The number of hydrogen-bond donors (Lipinski definition) is 3. The highest BCUT2D eigenvalue weighted by Gasteiger charge is 2.30. The van der Waals surface area contributed by atoms with Gasteiger partial charge in [0.15, 0.2) is 0 Å². The Morgan fingerprint density at radius 1 is 0.791 bits per heavy atom. The number of carbonyl (C=O) groups excluding carboxylic acids is 2. The third-order valence-corrected chi connectivity index (χ3v) is 5.89. The normalized spacial score (nSPS) is 11.2. The molecule has 0 aliphatic rings. The molecular formula is C33H29F3N2O5. The second-order valence-corrected chi connectivity index (χ2v) is 9.12. The topological polar surface area (TPSA) is 119 Å². The van der Waals surface area contributed by atoms with Gasteiger partial charge in [-0.3, -0.25) is 14.4 Å². The number of aliphatic carboxylic acids is 1. The first-order chi connectivity index (χ1) is 20.5. The van der Waals surface area contributed by atoms with Crippen molar-refractivity contribution in [3.05, 3.63) is 137 Å². The Hall–Kier alpha value is -5.22. The van der Waals surface area contributed by atoms with Gasteiger partial charge in [-0.25, -0.2) is 0 Å². The Labute approximate surface area is 246 Å². The van der Waals surface area contributed by atoms with E-state index in [9.17, 15) is 27.6 Å². The van der Waals surface area contributed by atoms with Crippen molar-refractivity contribution in [1.29, 1.82) is 0 Å². The molecule has 4 N–H and O–H groups in total. The molecule has 2 amide bonds. The third-order valence-electron chi connectivity index (χ3n) is 5.89. The number of halogens is 3. The smallest absolute Gasteiger partial charge is 0.416 e. The summed E-state index contributed by atoms with van der Waals surface area (Å²) in [4.78, 5) is 34.2. The van der Waals surface area contributed by atoms with Crippen molar-refractivity contribution in [3.63, 3.8) is 0 Å². The van der Waals surface area contributed by atoms with E-state index in [0.717, 1.165) is 41.0 Å². The predicted octanol–water partition coefficient (Wildman–Crippen LogP) is 6.31. The molecular weight excluding hydrogens is 561 g/mol. The van der Waals surface area contributed by atoms with Gasteiger partial charge < -0.3 is 20.9 Å². The minimum absolute atomic E-state index is 0.0328. The number of carboxylic acid groups (broad SMARTS) is 1. The number of nitrogens with one attached hydrogen (secondary N) is 1. The zero-order valence-electron chi connectivity index (χ0n) is 22.9. The van der Waals surface area contributed by atoms with Crippen LogP contribution in [0.4, 0.5) is 13.2 Å². The number of carboxylic acids is 1. The molecule has 0 aliphatic heterocycles. The molecule has 7 nitrogen and oxygen atoms in total. The second kappa shape index (κ2) is 15.7. The van der Waals surface area contributed by atoms with Crippen molar-refractivity contribution in [1.82, 2.24) is 5.32 Å². The van der Waals surface area contributed by atoms with E-state index in [1.165, 1.54) is 6.08 Å². The summed E-state index contributed by atoms with van der Waals surface area (Å²) in [7, 11) is 0. The van der Waals surface area contributed by atoms with Crippen LogP contribution < -0.4 is 11.1 Å². The molecule has 0 radical (unpaired) electrons. The molecule has 4 rings (SSSR count). The molecule has 0 saturated heterocycles. The monoisotopic (exact) mass is 590 g/mol. The highest BCUT2D eigenvalue weighted by molar-refractivity contribution is 6.04. The highest BCUT2D eigenvalue weighted by Crippen LogP contribution is 2.29. The number of hydrogen-bond acceptors (Lipinski definition) is 4. The van der Waals surface area contributed by atoms with Crippen LogP contribution >= 0.6 is 0 Å². The average Bonchev–Trinajstić information content (AvgIpc) is 3.00. The van der Waals surface area contributed by atoms with Gasteiger partial charge in [0.2, 0.25) is 0 Å². The minimum Gasteiger partial charge on any atom is -0.481 e. The van der Waals surface area contributed by atoms with Crippen molar-refractivity contribution >= 4 is 23.9 Å². The van der Waals surface area contributed by atoms with Crippen LogP contribution in [0, 0.1) is 0 Å². The molecule has 43 heavy (non-hydrogen) atoms. The van der Waals surface area contributed by atoms with E-state index in [1.54, 1.807) is 12.1 Å². The maximum Gasteiger partial charge on any atom is 0.416 e. The van der Waals surface area contributed by atoms with Gasteiger partial charge in [0, 0.05) is 5.56 Å². The largest absolute Gasteiger partial charge is 0.481 e. The van der Waals surface area contributed by atoms with Crippen molar-refractivity contribution < 1.29 is 37.4 Å². The first kappa shape index (κ1) is 32.3. The van der Waals surface area contributed by atoms with Crippen LogP contribution in [0.25, 0.3) is 17.2 Å². The summed E-state index contributed by atoms with van der Waals surface area (Å²) in [6.45, 7) is 0.748. The molecule has 0 saturated carbocycles. The van der Waals surface area contributed by atoms with Gasteiger partial charge in [0.05, 0.1) is 25.2 Å². The van der Waals surface area contributed by atoms with Gasteiger partial charge in [0.25, 0.3) is 11.8 Å². The summed E-state index contributed by atoms with van der Waals surface area (Å²) in [5, 5.41) is 10.7. The van der Waals surface area contributed by atoms with E-state index in [2.05, 4.69) is 5.32 Å². The van der Waals surface area contributed by atoms with E-state index in [1.807, 2.05) is 72.8 Å². The molecule has 0 fully saturated rings. The Morgan fingerprint density at radius 2 is 1.35 bits per heavy atom. The lowest BCUT2D eigenvalue weighted by Crippen LogP contribution is -2.31. The zero-order chi connectivity index (χ0) is 31.2. The quantitative estimate of drug-likeness (QED) is 0.148. The number of rotatable bonds is 10. The van der Waals surface area contributed by atoms with Gasteiger partial charge in [-0.1, -0.05) is 84.9 Å². The van der Waals surface area contributed by atoms with Crippen molar-refractivity contribution in [2.24, 2.45) is 5.73 Å². The number of alkyl halides is 3. The maximum atomic E-state index is 12.6. The Kier molecular flexibility index (Phi) is 11.8. The summed E-state index contributed by atoms with van der Waals surface area (Å²) >= 11 is 0. The second-order valence-electron chi connectivity index (χ2n) is 9.12. The molecule has 222 valence electrons. The predicted molar refractivity (Wildman–Crippen MR) is 156 cm³/mol. The van der Waals surface area contributed by atoms with Crippen molar-refractivity contribution in [2.45, 2.75) is 19.2 Å². The molecule has 10 heteroatoms. The third kappa shape index (κ3) is 10.9. The molecule has 0 aromatic heterocycles. The lowest BCUT2D eigenvalue weighted by atomic mass is 10.0. The maximum absolute atomic E-state index is 12.6. The number of benzene rings is 4. The fraction of sp³-hybridized carbons (Fsp3) is 0.121. The van der Waals surface area contributed by atoms with Crippen LogP contribution in [0.5, 0.6) is 0 Å². The Balaban J connectivity index is 0.000000326. The van der Waals surface area contributed by atoms with Crippen LogP contribution in [0.3, 0.4) is 0 Å². The summed E-state index contributed by atoms with van der Waals surface area (Å²) in [5.41, 5.74) is 7.95. The SMILES string of the molecule is NC(=O)/C(=C\c1ccc(-c2ccccc2)cc1)NC(=O)c1ccc(C(F)(F)F)cc1.O=C(O)CCOCc1ccccc1. The fourth-order valence-electron chi connectivity index (χ4n) is 3.67. The molecule has 0 aliphatic carbocycles. The molecule has 0 heterocycles. The number of carbonyl (C=O) groups is 3. The van der Waals surface area contributed by atoms with E-state index < -0.39 is 29.5 Å². The van der Waals surface area contributed by atoms with Crippen molar-refractivity contribution in [2.75, 3.05) is 6.61 Å². The van der Waals surface area contributed by atoms with Crippen LogP contribution in [-0.2, 0) is 27.1 Å². The zero-order valence-corrected chi connectivity index (χ0v) is 22.9. The van der Waals surface area contributed by atoms with E-state index in [4.69, 9.17) is 15.6 Å². The van der Waals surface area contributed by atoms with Gasteiger partial charge in [-0.15, -0.1) is 0 Å². The molecule has 0 atom stereocenters. The lowest BCUT2D eigenvalue weighted by Gasteiger charge is -2.09. The van der Waals surface area contributed by atoms with Crippen LogP contribution in [0.1, 0.15) is 33.5 Å². The van der Waals surface area contributed by atoms with E-state index >= 15 is 0 Å². The van der Waals surface area contributed by atoms with E-state index in [0.29, 0.717) is 12.2 Å². The molecule has 0 bridgehead atoms. The number of ether oxygens (including phenoxy) is 1. The molecule has 4 aromatic carbocycles. The average molecular weight is 591 g/mol. The van der Waals surface area contributed by atoms with Gasteiger partial charge in [0.1, 0.15) is 5.70 Å². The van der Waals surface area contributed by atoms with Crippen LogP contribution in [-0.4, -0.2) is 29.5 Å². The minimum atomic E-state index is -4.50. The lowest BCUT2D eigenvalue weighted by molar-refractivity contribution is -0.138. The summed E-state index contributed by atoms with van der Waals surface area (Å²) < 4.78 is 43.1. The van der Waals surface area contributed by atoms with Crippen molar-refractivity contribution in [3.8, 4) is 11.1 Å². The molecule has 0 unspecified atom stereocenters. The van der Waals surface area contributed by atoms with Gasteiger partial charge in [-0.2, -0.15) is 13.2 Å². The summed E-state index contributed by atoms with van der Waals surface area (Å²) in [6.07, 6.45) is -3.04. The fourth-order valence-corrected chi connectivity index (χ4v) is 3.67. The highest BCUT2D eigenvalue weighted by atomic mass is 19.4. The Bertz CT molecular complexity index is 1520. The first-order valence-corrected chi connectivity index (χ1v) is 13.0. The van der Waals surface area contributed by atoms with Crippen LogP contribution in [0.15, 0.2) is 115 Å². The molecule has 4 aromatic rings. The summed E-state index contributed by atoms with van der Waals surface area (Å²) in [6, 6.07) is 30.3. The van der Waals surface area contributed by atoms with Crippen LogP contribution in [0.2, 0.25) is 0 Å². The number of primary amides is 1. The van der Waals surface area contributed by atoms with Gasteiger partial charge >= 0.3 is 12.1 Å². The number of nitrogens with two attached hydrogens (primary N) is 1. The molecule has 0 spiro atoms. The first-order valence-electron chi connectivity index (χ1n) is 13.0. The number of amides is 2. The standard InChI is InChI=1S/C23H17F3N2O2.C10H12O3/c24-23(25,26)19-12-10-18(11-13-19)22(30)28-20(21(27)29)14-15-6-8-17(9-7-15)16-4-2-1-3-5-16;11-10(12)6-7-13-8-9-4-2-1-3-5-9/h1-14H,(H2,27,29)(H,28,30);1-5H,6-8H2,(H,11,12)/b20-14+;. The van der Waals surface area contributed by atoms with Gasteiger partial charge in [-0.05, 0) is 52.6 Å². The van der Waals surface area contributed by atoms with E-state index in [-0.39, 0.29) is 24.3 Å².